The van der Waals surface area contributed by atoms with E-state index >= 15 is 0 Å². The Balaban J connectivity index is 3.12. The molecule has 0 radical (unpaired) electrons. The normalized spacial score (nSPS) is 29.4. The van der Waals surface area contributed by atoms with E-state index in [-0.39, 0.29) is 24.3 Å². The summed E-state index contributed by atoms with van der Waals surface area (Å²) in [4.78, 5) is 3.80. The van der Waals surface area contributed by atoms with Crippen LogP contribution < -0.4 is 5.73 Å². The van der Waals surface area contributed by atoms with Crippen LogP contribution in [0.15, 0.2) is 16.3 Å². The van der Waals surface area contributed by atoms with Crippen molar-refractivity contribution in [3.63, 3.8) is 0 Å². The Labute approximate surface area is 85.8 Å². The quantitative estimate of drug-likeness (QED) is 0.677. The zero-order valence-electron chi connectivity index (χ0n) is 8.56. The van der Waals surface area contributed by atoms with Crippen molar-refractivity contribution < 1.29 is 17.9 Å². The monoisotopic (exact) mass is 222 g/mol. The van der Waals surface area contributed by atoms with Crippen molar-refractivity contribution in [1.29, 1.82) is 0 Å². The van der Waals surface area contributed by atoms with E-state index in [0.717, 1.165) is 0 Å². The van der Waals surface area contributed by atoms with Crippen LogP contribution in [0, 0.1) is 0 Å². The van der Waals surface area contributed by atoms with Crippen LogP contribution in [0.25, 0.3) is 0 Å². The van der Waals surface area contributed by atoms with Crippen LogP contribution in [0.1, 0.15) is 13.3 Å². The third-order valence-electron chi connectivity index (χ3n) is 2.29. The van der Waals surface area contributed by atoms with Gasteiger partial charge in [-0.3, -0.25) is 4.99 Å². The molecule has 6 heteroatoms. The summed E-state index contributed by atoms with van der Waals surface area (Å²) in [5.74, 6) is 0. The molecule has 1 aliphatic heterocycles. The summed E-state index contributed by atoms with van der Waals surface area (Å²) >= 11 is 0. The van der Waals surface area contributed by atoms with Crippen molar-refractivity contribution >= 4 is 5.71 Å². The van der Waals surface area contributed by atoms with E-state index in [4.69, 9.17) is 10.5 Å². The van der Waals surface area contributed by atoms with Gasteiger partial charge in [0.1, 0.15) is 5.70 Å². The molecule has 0 amide bonds. The average Bonchev–Trinajstić information content (AvgIpc) is 2.14. The Morgan fingerprint density at radius 3 is 2.60 bits per heavy atom. The third-order valence-corrected chi connectivity index (χ3v) is 2.29. The van der Waals surface area contributed by atoms with Crippen LogP contribution in [0.4, 0.5) is 13.2 Å². The summed E-state index contributed by atoms with van der Waals surface area (Å²) < 4.78 is 42.4. The predicted molar refractivity (Wildman–Crippen MR) is 50.7 cm³/mol. The molecule has 0 aliphatic carbocycles. The summed E-state index contributed by atoms with van der Waals surface area (Å²) in [6, 6.07) is 0. The Bertz CT molecular complexity index is 307. The van der Waals surface area contributed by atoms with E-state index in [1.54, 1.807) is 6.92 Å². The van der Waals surface area contributed by atoms with Crippen LogP contribution >= 0.6 is 0 Å². The zero-order valence-corrected chi connectivity index (χ0v) is 8.56. The summed E-state index contributed by atoms with van der Waals surface area (Å²) in [7, 11) is 1.43. The SMILES string of the molecule is CN=C1C(=C(N)C(F)(F)F)CCOC1C. The van der Waals surface area contributed by atoms with E-state index in [0.29, 0.717) is 0 Å². The molecule has 1 fully saturated rings. The van der Waals surface area contributed by atoms with Crippen LogP contribution in [0.2, 0.25) is 0 Å². The number of nitrogens with two attached hydrogens (primary N) is 1. The molecule has 1 aliphatic rings. The lowest BCUT2D eigenvalue weighted by atomic mass is 9.98. The fourth-order valence-electron chi connectivity index (χ4n) is 1.55. The van der Waals surface area contributed by atoms with E-state index in [2.05, 4.69) is 4.99 Å². The lowest BCUT2D eigenvalue weighted by molar-refractivity contribution is -0.0936. The van der Waals surface area contributed by atoms with E-state index in [1.165, 1.54) is 7.05 Å². The Morgan fingerprint density at radius 1 is 1.53 bits per heavy atom. The minimum absolute atomic E-state index is 0.0590. The fourth-order valence-corrected chi connectivity index (χ4v) is 1.55. The highest BCUT2D eigenvalue weighted by Gasteiger charge is 2.37. The highest BCUT2D eigenvalue weighted by molar-refractivity contribution is 6.04. The average molecular weight is 222 g/mol. The van der Waals surface area contributed by atoms with Gasteiger partial charge in [0.2, 0.25) is 0 Å². The second-order valence-electron chi connectivity index (χ2n) is 3.26. The van der Waals surface area contributed by atoms with Gasteiger partial charge in [-0.1, -0.05) is 0 Å². The second kappa shape index (κ2) is 4.22. The number of allylic oxidation sites excluding steroid dienone is 1. The van der Waals surface area contributed by atoms with Gasteiger partial charge in [0.05, 0.1) is 18.4 Å². The first-order valence-corrected chi connectivity index (χ1v) is 4.52. The number of rotatable bonds is 0. The minimum atomic E-state index is -4.50. The number of alkyl halides is 3. The molecule has 86 valence electrons. The maximum Gasteiger partial charge on any atom is 0.431 e. The summed E-state index contributed by atoms with van der Waals surface area (Å²) in [6.07, 6.45) is -4.77. The molecule has 0 bridgehead atoms. The number of aliphatic imine (C=N–C) groups is 1. The van der Waals surface area contributed by atoms with Gasteiger partial charge in [0.25, 0.3) is 0 Å². The number of nitrogens with zero attached hydrogens (tertiary/aromatic N) is 1. The van der Waals surface area contributed by atoms with Gasteiger partial charge in [0, 0.05) is 12.6 Å². The predicted octanol–water partition coefficient (Wildman–Crippen LogP) is 1.64. The van der Waals surface area contributed by atoms with Crippen LogP contribution in [0.5, 0.6) is 0 Å². The van der Waals surface area contributed by atoms with Gasteiger partial charge >= 0.3 is 6.18 Å². The molecule has 0 aromatic rings. The number of hydrogen-bond donors (Lipinski definition) is 1. The van der Waals surface area contributed by atoms with E-state index < -0.39 is 18.0 Å². The minimum Gasteiger partial charge on any atom is -0.394 e. The molecule has 0 aromatic carbocycles. The maximum atomic E-state index is 12.4. The van der Waals surface area contributed by atoms with Crippen molar-refractivity contribution in [3.8, 4) is 0 Å². The molecule has 1 rings (SSSR count). The Hall–Kier alpha value is -1.04. The largest absolute Gasteiger partial charge is 0.431 e. The van der Waals surface area contributed by atoms with Crippen LogP contribution in [-0.4, -0.2) is 31.6 Å². The van der Waals surface area contributed by atoms with Crippen molar-refractivity contribution in [3.05, 3.63) is 11.3 Å². The van der Waals surface area contributed by atoms with E-state index in [1.807, 2.05) is 0 Å². The summed E-state index contributed by atoms with van der Waals surface area (Å²) in [5.41, 5.74) is 4.36. The molecule has 1 unspecified atom stereocenters. The number of hydrogen-bond acceptors (Lipinski definition) is 3. The lowest BCUT2D eigenvalue weighted by Gasteiger charge is -2.26. The highest BCUT2D eigenvalue weighted by Crippen LogP contribution is 2.28. The van der Waals surface area contributed by atoms with Gasteiger partial charge in [-0.05, 0) is 13.3 Å². The smallest absolute Gasteiger partial charge is 0.394 e. The second-order valence-corrected chi connectivity index (χ2v) is 3.26. The maximum absolute atomic E-state index is 12.4. The topological polar surface area (TPSA) is 47.6 Å². The molecule has 1 saturated heterocycles. The summed E-state index contributed by atoms with van der Waals surface area (Å²) in [6.45, 7) is 1.90. The fraction of sp³-hybridized carbons (Fsp3) is 0.667. The standard InChI is InChI=1S/C9H13F3N2O/c1-5-7(14-2)6(3-4-15-5)8(13)9(10,11)12/h5H,3-4,13H2,1-2H3. The van der Waals surface area contributed by atoms with Crippen LogP contribution in [0.3, 0.4) is 0 Å². The van der Waals surface area contributed by atoms with Crippen molar-refractivity contribution in [1.82, 2.24) is 0 Å². The Kier molecular flexibility index (Phi) is 3.38. The van der Waals surface area contributed by atoms with Gasteiger partial charge in [-0.15, -0.1) is 0 Å². The molecule has 3 nitrogen and oxygen atoms in total. The molecule has 1 heterocycles. The van der Waals surface area contributed by atoms with Gasteiger partial charge in [0.15, 0.2) is 0 Å². The van der Waals surface area contributed by atoms with Gasteiger partial charge < -0.3 is 10.5 Å². The van der Waals surface area contributed by atoms with Crippen molar-refractivity contribution in [2.75, 3.05) is 13.7 Å². The molecule has 1 atom stereocenters. The molecule has 0 aromatic heterocycles. The van der Waals surface area contributed by atoms with Crippen LogP contribution in [-0.2, 0) is 4.74 Å². The first kappa shape index (κ1) is 12.0. The number of halogens is 3. The molecular formula is C9H13F3N2O. The molecule has 0 spiro atoms. The molecule has 2 N–H and O–H groups in total. The van der Waals surface area contributed by atoms with Gasteiger partial charge in [-0.25, -0.2) is 0 Å². The zero-order chi connectivity index (χ0) is 11.6. The first-order chi connectivity index (χ1) is 6.88. The highest BCUT2D eigenvalue weighted by atomic mass is 19.4. The van der Waals surface area contributed by atoms with Gasteiger partial charge in [-0.2, -0.15) is 13.2 Å². The van der Waals surface area contributed by atoms with Crippen molar-refractivity contribution in [2.24, 2.45) is 10.7 Å². The molecule has 0 saturated carbocycles. The molecule has 15 heavy (non-hydrogen) atoms. The summed E-state index contributed by atoms with van der Waals surface area (Å²) in [5, 5.41) is 0. The Morgan fingerprint density at radius 2 is 2.13 bits per heavy atom. The third kappa shape index (κ3) is 2.50. The van der Waals surface area contributed by atoms with E-state index in [9.17, 15) is 13.2 Å². The first-order valence-electron chi connectivity index (χ1n) is 4.52. The lowest BCUT2D eigenvalue weighted by Crippen LogP contribution is -2.34. The number of ether oxygens (including phenoxy) is 1. The van der Waals surface area contributed by atoms with Crippen molar-refractivity contribution in [2.45, 2.75) is 25.6 Å². The molecular weight excluding hydrogens is 209 g/mol.